The Morgan fingerprint density at radius 1 is 0.687 bits per heavy atom. The third-order valence-corrected chi connectivity index (χ3v) is 15.4. The van der Waals surface area contributed by atoms with Crippen LogP contribution in [0.1, 0.15) is 138 Å². The summed E-state index contributed by atoms with van der Waals surface area (Å²) in [7, 11) is 0. The summed E-state index contributed by atoms with van der Waals surface area (Å²) in [5.74, 6) is -4.18. The summed E-state index contributed by atoms with van der Waals surface area (Å²) in [6.45, 7) is 10.3. The van der Waals surface area contributed by atoms with Gasteiger partial charge in [0.1, 0.15) is 35.8 Å². The van der Waals surface area contributed by atoms with Crippen molar-refractivity contribution in [2.75, 3.05) is 0 Å². The number of phenols is 1. The predicted molar refractivity (Wildman–Crippen MR) is 229 cm³/mol. The molecule has 1 saturated carbocycles. The maximum Gasteiger partial charge on any atom is 0.198 e. The Kier molecular flexibility index (Phi) is 13.0. The standard InChI is InChI=1S/C49H62O18/c1-21-29(50)9-14-35(61-21)65-31-11-12-33(60-23(31)3)38-25(5)64-46(45(57)44(38)56)28-8-7-26-39(42(28)54)41(53)27-17-18-48(58)20-47(6,19-34(52)49(48,59)40(27)43(26)55)67-37-16-13-32(24(4)63-37)66-36-15-10-30(51)22(2)62-36/h7-8,17-18,21-25,31-33,35-38,44-46,54,56-59H,9-16,19-20H2,1-6H3/t21?,22?,23?,24?,25?,31?,32?,33?,35?,36?,37?,38-,44+,45-,46-,47?,48?,49?/m0/s1. The minimum absolute atomic E-state index is 0.0202. The first-order valence-corrected chi connectivity index (χ1v) is 23.7. The Balaban J connectivity index is 0.869. The molecule has 0 spiro atoms. The van der Waals surface area contributed by atoms with Gasteiger partial charge in [-0.2, -0.15) is 0 Å². The maximum atomic E-state index is 14.5. The summed E-state index contributed by atoms with van der Waals surface area (Å²) < 4.78 is 48.9. The molecular weight excluding hydrogens is 877 g/mol. The Hall–Kier alpha value is -3.63. The van der Waals surface area contributed by atoms with Gasteiger partial charge < -0.3 is 63.4 Å². The lowest BCUT2D eigenvalue weighted by atomic mass is 9.57. The third-order valence-electron chi connectivity index (χ3n) is 15.4. The van der Waals surface area contributed by atoms with E-state index in [0.29, 0.717) is 51.4 Å². The van der Waals surface area contributed by atoms with E-state index in [0.717, 1.165) is 12.2 Å². The number of phenolic OH excluding ortho intramolecular Hbond substituents is 1. The highest BCUT2D eigenvalue weighted by molar-refractivity contribution is 6.32. The molecule has 5 saturated heterocycles. The first kappa shape index (κ1) is 48.4. The van der Waals surface area contributed by atoms with Crippen molar-refractivity contribution in [1.82, 2.24) is 0 Å². The van der Waals surface area contributed by atoms with Crippen molar-refractivity contribution < 1.29 is 87.4 Å². The van der Waals surface area contributed by atoms with Crippen LogP contribution in [-0.4, -0.2) is 151 Å². The molecule has 18 atom stereocenters. The van der Waals surface area contributed by atoms with Crippen molar-refractivity contribution in [2.24, 2.45) is 5.92 Å². The number of allylic oxidation sites excluding steroid dienone is 2. The molecule has 3 aliphatic carbocycles. The van der Waals surface area contributed by atoms with Crippen LogP contribution in [0.3, 0.4) is 0 Å². The van der Waals surface area contributed by atoms with Gasteiger partial charge in [-0.15, -0.1) is 0 Å². The van der Waals surface area contributed by atoms with E-state index in [-0.39, 0.29) is 41.3 Å². The lowest BCUT2D eigenvalue weighted by Crippen LogP contribution is -2.69. The Labute approximate surface area is 387 Å². The van der Waals surface area contributed by atoms with Crippen LogP contribution in [0, 0.1) is 5.92 Å². The monoisotopic (exact) mass is 938 g/mol. The Morgan fingerprint density at radius 3 is 1.90 bits per heavy atom. The smallest absolute Gasteiger partial charge is 0.198 e. The van der Waals surface area contributed by atoms with Crippen LogP contribution < -0.4 is 0 Å². The number of ether oxygens (including phenoxy) is 8. The first-order valence-electron chi connectivity index (χ1n) is 23.7. The quantitative estimate of drug-likeness (QED) is 0.251. The van der Waals surface area contributed by atoms with Crippen molar-refractivity contribution in [3.8, 4) is 5.75 Å². The van der Waals surface area contributed by atoms with Crippen molar-refractivity contribution in [2.45, 2.75) is 209 Å². The summed E-state index contributed by atoms with van der Waals surface area (Å²) in [4.78, 5) is 66.9. The average molecular weight is 939 g/mol. The predicted octanol–water partition coefficient (Wildman–Crippen LogP) is 3.09. The van der Waals surface area contributed by atoms with Crippen molar-refractivity contribution in [3.05, 3.63) is 52.1 Å². The summed E-state index contributed by atoms with van der Waals surface area (Å²) >= 11 is 0. The van der Waals surface area contributed by atoms with E-state index in [4.69, 9.17) is 37.9 Å². The lowest BCUT2D eigenvalue weighted by molar-refractivity contribution is -0.296. The first-order chi connectivity index (χ1) is 31.6. The summed E-state index contributed by atoms with van der Waals surface area (Å²) in [6, 6.07) is 2.51. The van der Waals surface area contributed by atoms with E-state index in [1.54, 1.807) is 27.7 Å². The van der Waals surface area contributed by atoms with Gasteiger partial charge in [0.05, 0.1) is 59.5 Å². The van der Waals surface area contributed by atoms with Crippen LogP contribution in [-0.2, 0) is 52.3 Å². The number of hydrogen-bond acceptors (Lipinski definition) is 18. The molecule has 6 fully saturated rings. The zero-order chi connectivity index (χ0) is 48.1. The number of fused-ring (bicyclic) bond motifs is 3. The SMILES string of the molecule is CC1OC(OC2CCC(OC3(C)CC(=O)C4(O)C5=C(C=CC4(O)C3)C(=O)c3c(ccc([C@@H]4OC(C)[C@@H](C6CCC(OC7CCC(=O)C(C)O7)C(C)O6)[C@@H](O)[C@@H]4O)c3O)C5=O)OC2C)CCC1=O. The highest BCUT2D eigenvalue weighted by atomic mass is 16.7. The number of ketones is 5. The highest BCUT2D eigenvalue weighted by Crippen LogP contribution is 2.53. The van der Waals surface area contributed by atoms with Crippen LogP contribution in [0.5, 0.6) is 5.75 Å². The molecule has 1 aromatic rings. The van der Waals surface area contributed by atoms with E-state index in [9.17, 15) is 49.5 Å². The van der Waals surface area contributed by atoms with Gasteiger partial charge in [0, 0.05) is 67.6 Å². The molecule has 1 aromatic carbocycles. The van der Waals surface area contributed by atoms with Crippen LogP contribution in [0.2, 0.25) is 0 Å². The number of carbonyl (C=O) groups excluding carboxylic acids is 5. The number of rotatable bonds is 8. The fourth-order valence-corrected chi connectivity index (χ4v) is 11.7. The fourth-order valence-electron chi connectivity index (χ4n) is 11.7. The normalized spacial score (nSPS) is 44.9. The van der Waals surface area contributed by atoms with Gasteiger partial charge >= 0.3 is 0 Å². The molecule has 5 aliphatic heterocycles. The van der Waals surface area contributed by atoms with Gasteiger partial charge in [-0.3, -0.25) is 24.0 Å². The zero-order valence-corrected chi connectivity index (χ0v) is 38.6. The molecule has 0 bridgehead atoms. The number of hydrogen-bond donors (Lipinski definition) is 5. The average Bonchev–Trinajstić information content (AvgIpc) is 3.26. The van der Waals surface area contributed by atoms with Crippen molar-refractivity contribution in [1.29, 1.82) is 0 Å². The third kappa shape index (κ3) is 8.41. The van der Waals surface area contributed by atoms with Crippen LogP contribution >= 0.6 is 0 Å². The van der Waals surface area contributed by atoms with Crippen LogP contribution in [0.4, 0.5) is 0 Å². The number of aromatic hydroxyl groups is 1. The number of aliphatic hydroxyl groups is 4. The molecule has 0 aromatic heterocycles. The molecule has 0 radical (unpaired) electrons. The number of aliphatic hydroxyl groups excluding tert-OH is 2. The number of Topliss-reactive ketones (excluding diaryl/α,β-unsaturated/α-hetero) is 5. The molecule has 0 amide bonds. The second kappa shape index (κ2) is 18.0. The number of benzene rings is 1. The van der Waals surface area contributed by atoms with E-state index in [1.165, 1.54) is 12.1 Å². The van der Waals surface area contributed by atoms with Crippen LogP contribution in [0.15, 0.2) is 35.4 Å². The molecule has 5 heterocycles. The molecule has 9 rings (SSSR count). The zero-order valence-electron chi connectivity index (χ0n) is 38.6. The van der Waals surface area contributed by atoms with Gasteiger partial charge in [0.2, 0.25) is 0 Å². The largest absolute Gasteiger partial charge is 0.507 e. The Bertz CT molecular complexity index is 2260. The van der Waals surface area contributed by atoms with E-state index < -0.39 is 143 Å². The van der Waals surface area contributed by atoms with Gasteiger partial charge in [0.15, 0.2) is 53.4 Å². The second-order valence-corrected chi connectivity index (χ2v) is 20.1. The minimum atomic E-state index is -2.86. The van der Waals surface area contributed by atoms with Crippen molar-refractivity contribution in [3.63, 3.8) is 0 Å². The van der Waals surface area contributed by atoms with Gasteiger partial charge in [-0.1, -0.05) is 12.1 Å². The highest BCUT2D eigenvalue weighted by Gasteiger charge is 2.67. The molecule has 67 heavy (non-hydrogen) atoms. The van der Waals surface area contributed by atoms with Gasteiger partial charge in [-0.25, -0.2) is 0 Å². The topological polar surface area (TPSA) is 260 Å². The summed E-state index contributed by atoms with van der Waals surface area (Å²) in [5, 5.41) is 59.5. The molecule has 14 unspecified atom stereocenters. The molecule has 5 N–H and O–H groups in total. The molecule has 18 heteroatoms. The van der Waals surface area contributed by atoms with E-state index >= 15 is 0 Å². The van der Waals surface area contributed by atoms with Crippen molar-refractivity contribution >= 4 is 28.9 Å². The molecular formula is C49H62O18. The molecule has 8 aliphatic rings. The summed E-state index contributed by atoms with van der Waals surface area (Å²) in [6.07, 6.45) is -5.29. The maximum absolute atomic E-state index is 14.5. The lowest BCUT2D eigenvalue weighted by Gasteiger charge is -2.53. The van der Waals surface area contributed by atoms with Crippen LogP contribution in [0.25, 0.3) is 0 Å². The second-order valence-electron chi connectivity index (χ2n) is 20.1. The molecule has 18 nitrogen and oxygen atoms in total. The van der Waals surface area contributed by atoms with Gasteiger partial charge in [0.25, 0.3) is 0 Å². The molecule has 366 valence electrons. The van der Waals surface area contributed by atoms with Gasteiger partial charge in [-0.05, 0) is 72.9 Å². The summed E-state index contributed by atoms with van der Waals surface area (Å²) in [5.41, 5.74) is -8.53. The fraction of sp³-hybridized carbons (Fsp3) is 0.694. The number of carbonyl (C=O) groups is 5. The minimum Gasteiger partial charge on any atom is -0.507 e. The van der Waals surface area contributed by atoms with E-state index in [1.807, 2.05) is 13.8 Å². The van der Waals surface area contributed by atoms with E-state index in [2.05, 4.69) is 0 Å². The Morgan fingerprint density at radius 2 is 1.30 bits per heavy atom.